The lowest BCUT2D eigenvalue weighted by atomic mass is 10.1. The van der Waals surface area contributed by atoms with E-state index in [1.807, 2.05) is 0 Å². The molecule has 0 unspecified atom stereocenters. The second-order valence-electron chi connectivity index (χ2n) is 3.68. The topological polar surface area (TPSA) is 35.5 Å². The molecule has 4 heteroatoms. The predicted molar refractivity (Wildman–Crippen MR) is 57.9 cm³/mol. The van der Waals surface area contributed by atoms with Crippen molar-refractivity contribution in [1.82, 2.24) is 0 Å². The molecule has 0 radical (unpaired) electrons. The minimum atomic E-state index is -0.475. The molecule has 0 heterocycles. The molecule has 0 atom stereocenters. The van der Waals surface area contributed by atoms with Gasteiger partial charge in [0, 0.05) is 0 Å². The first-order valence-electron chi connectivity index (χ1n) is 5.05. The largest absolute Gasteiger partial charge is 0.494 e. The molecule has 0 saturated carbocycles. The van der Waals surface area contributed by atoms with Gasteiger partial charge in [-0.1, -0.05) is 6.07 Å². The summed E-state index contributed by atoms with van der Waals surface area (Å²) in [6.07, 6.45) is -0.0883. The highest BCUT2D eigenvalue weighted by molar-refractivity contribution is 5.72. The van der Waals surface area contributed by atoms with Crippen LogP contribution in [-0.2, 0) is 16.0 Å². The molecule has 1 rings (SSSR count). The van der Waals surface area contributed by atoms with Gasteiger partial charge >= 0.3 is 5.97 Å². The Labute approximate surface area is 94.2 Å². The van der Waals surface area contributed by atoms with Crippen LogP contribution in [0.2, 0.25) is 0 Å². The summed E-state index contributed by atoms with van der Waals surface area (Å²) in [6, 6.07) is 4.41. The van der Waals surface area contributed by atoms with Gasteiger partial charge < -0.3 is 9.47 Å². The summed E-state index contributed by atoms with van der Waals surface area (Å²) in [5, 5.41) is 0. The Kier molecular flexibility index (Phi) is 4.28. The average Bonchev–Trinajstić information content (AvgIpc) is 2.16. The molecule has 0 aliphatic heterocycles. The number of rotatable bonds is 4. The molecule has 0 aliphatic rings. The summed E-state index contributed by atoms with van der Waals surface area (Å²) in [4.78, 5) is 11.3. The standard InChI is InChI=1S/C12H15FO3/c1-8(2)16-12(14)7-9-4-5-11(15-3)10(13)6-9/h4-6,8H,7H2,1-3H3. The molecule has 0 N–H and O–H groups in total. The van der Waals surface area contributed by atoms with Gasteiger partial charge in [-0.3, -0.25) is 4.79 Å². The van der Waals surface area contributed by atoms with E-state index in [1.165, 1.54) is 19.2 Å². The van der Waals surface area contributed by atoms with Crippen molar-refractivity contribution in [3.8, 4) is 5.75 Å². The molecule has 0 bridgehead atoms. The molecule has 0 aromatic heterocycles. The Balaban J connectivity index is 2.68. The van der Waals surface area contributed by atoms with Gasteiger partial charge in [0.25, 0.3) is 0 Å². The van der Waals surface area contributed by atoms with Gasteiger partial charge in [0.2, 0.25) is 0 Å². The maximum Gasteiger partial charge on any atom is 0.310 e. The van der Waals surface area contributed by atoms with Gasteiger partial charge in [0.1, 0.15) is 0 Å². The molecule has 3 nitrogen and oxygen atoms in total. The molecule has 0 spiro atoms. The maximum atomic E-state index is 13.3. The van der Waals surface area contributed by atoms with Crippen molar-refractivity contribution in [2.45, 2.75) is 26.4 Å². The number of ether oxygens (including phenoxy) is 2. The number of hydrogen-bond donors (Lipinski definition) is 0. The smallest absolute Gasteiger partial charge is 0.310 e. The number of carbonyl (C=O) groups is 1. The summed E-state index contributed by atoms with van der Waals surface area (Å²) < 4.78 is 23.0. The lowest BCUT2D eigenvalue weighted by Crippen LogP contribution is -2.13. The van der Waals surface area contributed by atoms with Crippen molar-refractivity contribution in [1.29, 1.82) is 0 Å². The molecule has 1 aromatic carbocycles. The maximum absolute atomic E-state index is 13.3. The fraction of sp³-hybridized carbons (Fsp3) is 0.417. The molecule has 1 aromatic rings. The second-order valence-corrected chi connectivity index (χ2v) is 3.68. The van der Waals surface area contributed by atoms with Crippen molar-refractivity contribution in [2.24, 2.45) is 0 Å². The van der Waals surface area contributed by atoms with Crippen LogP contribution in [0.15, 0.2) is 18.2 Å². The summed E-state index contributed by atoms with van der Waals surface area (Å²) in [6.45, 7) is 3.54. The number of hydrogen-bond acceptors (Lipinski definition) is 3. The fourth-order valence-electron chi connectivity index (χ4n) is 1.29. The zero-order chi connectivity index (χ0) is 12.1. The average molecular weight is 226 g/mol. The third-order valence-corrected chi connectivity index (χ3v) is 1.93. The highest BCUT2D eigenvalue weighted by Crippen LogP contribution is 2.18. The van der Waals surface area contributed by atoms with Crippen LogP contribution in [-0.4, -0.2) is 19.2 Å². The van der Waals surface area contributed by atoms with E-state index in [2.05, 4.69) is 0 Å². The Bertz CT molecular complexity index is 375. The van der Waals surface area contributed by atoms with Crippen LogP contribution in [0, 0.1) is 5.82 Å². The van der Waals surface area contributed by atoms with Crippen LogP contribution in [0.25, 0.3) is 0 Å². The van der Waals surface area contributed by atoms with E-state index in [0.717, 1.165) is 0 Å². The lowest BCUT2D eigenvalue weighted by molar-refractivity contribution is -0.146. The van der Waals surface area contributed by atoms with Gasteiger partial charge in [-0.15, -0.1) is 0 Å². The van der Waals surface area contributed by atoms with E-state index in [1.54, 1.807) is 19.9 Å². The number of carbonyl (C=O) groups excluding carboxylic acids is 1. The second kappa shape index (κ2) is 5.49. The number of benzene rings is 1. The molecule has 88 valence electrons. The first kappa shape index (κ1) is 12.5. The van der Waals surface area contributed by atoms with Crippen LogP contribution >= 0.6 is 0 Å². The van der Waals surface area contributed by atoms with Crippen LogP contribution in [0.5, 0.6) is 5.75 Å². The fourth-order valence-corrected chi connectivity index (χ4v) is 1.29. The monoisotopic (exact) mass is 226 g/mol. The summed E-state index contributed by atoms with van der Waals surface area (Å²) >= 11 is 0. The highest BCUT2D eigenvalue weighted by atomic mass is 19.1. The van der Waals surface area contributed by atoms with Crippen molar-refractivity contribution in [3.05, 3.63) is 29.6 Å². The van der Waals surface area contributed by atoms with Gasteiger partial charge in [-0.05, 0) is 31.5 Å². The molecule has 0 fully saturated rings. The Morgan fingerprint density at radius 3 is 2.62 bits per heavy atom. The van der Waals surface area contributed by atoms with Gasteiger partial charge in [-0.25, -0.2) is 4.39 Å². The van der Waals surface area contributed by atoms with Crippen LogP contribution in [0.3, 0.4) is 0 Å². The van der Waals surface area contributed by atoms with Gasteiger partial charge in [0.05, 0.1) is 19.6 Å². The third-order valence-electron chi connectivity index (χ3n) is 1.93. The normalized spacial score (nSPS) is 10.3. The van der Waals surface area contributed by atoms with E-state index in [9.17, 15) is 9.18 Å². The molecular formula is C12H15FO3. The minimum Gasteiger partial charge on any atom is -0.494 e. The van der Waals surface area contributed by atoms with Crippen molar-refractivity contribution in [2.75, 3.05) is 7.11 Å². The molecule has 16 heavy (non-hydrogen) atoms. The Morgan fingerprint density at radius 2 is 2.12 bits per heavy atom. The Morgan fingerprint density at radius 1 is 1.44 bits per heavy atom. The van der Waals surface area contributed by atoms with E-state index in [4.69, 9.17) is 9.47 Å². The lowest BCUT2D eigenvalue weighted by Gasteiger charge is -2.08. The molecule has 0 saturated heterocycles. The molecule has 0 aliphatic carbocycles. The Hall–Kier alpha value is -1.58. The van der Waals surface area contributed by atoms with Gasteiger partial charge in [-0.2, -0.15) is 0 Å². The van der Waals surface area contributed by atoms with Crippen molar-refractivity contribution in [3.63, 3.8) is 0 Å². The van der Waals surface area contributed by atoms with Crippen LogP contribution in [0.1, 0.15) is 19.4 Å². The predicted octanol–water partition coefficient (Wildman–Crippen LogP) is 2.33. The summed E-state index contributed by atoms with van der Waals surface area (Å²) in [7, 11) is 1.39. The zero-order valence-corrected chi connectivity index (χ0v) is 9.62. The van der Waals surface area contributed by atoms with E-state index < -0.39 is 5.82 Å². The quantitative estimate of drug-likeness (QED) is 0.739. The SMILES string of the molecule is COc1ccc(CC(=O)OC(C)C)cc1F. The molecular weight excluding hydrogens is 211 g/mol. The summed E-state index contributed by atoms with van der Waals surface area (Å²) in [5.74, 6) is -0.669. The zero-order valence-electron chi connectivity index (χ0n) is 9.62. The van der Waals surface area contributed by atoms with E-state index in [-0.39, 0.29) is 24.2 Å². The summed E-state index contributed by atoms with van der Waals surface area (Å²) in [5.41, 5.74) is 0.573. The van der Waals surface area contributed by atoms with Crippen LogP contribution < -0.4 is 4.74 Å². The number of methoxy groups -OCH3 is 1. The first-order chi connectivity index (χ1) is 7.52. The van der Waals surface area contributed by atoms with Gasteiger partial charge in [0.15, 0.2) is 11.6 Å². The first-order valence-corrected chi connectivity index (χ1v) is 5.05. The third kappa shape index (κ3) is 3.53. The van der Waals surface area contributed by atoms with Crippen LogP contribution in [0.4, 0.5) is 4.39 Å². The highest BCUT2D eigenvalue weighted by Gasteiger charge is 2.09. The van der Waals surface area contributed by atoms with E-state index in [0.29, 0.717) is 5.56 Å². The number of esters is 1. The van der Waals surface area contributed by atoms with Crippen molar-refractivity contribution >= 4 is 5.97 Å². The number of halogens is 1. The van der Waals surface area contributed by atoms with Crippen molar-refractivity contribution < 1.29 is 18.7 Å². The minimum absolute atomic E-state index is 0.0685. The van der Waals surface area contributed by atoms with E-state index >= 15 is 0 Å². The molecule has 0 amide bonds.